The van der Waals surface area contributed by atoms with Crippen molar-refractivity contribution in [3.63, 3.8) is 0 Å². The lowest BCUT2D eigenvalue weighted by molar-refractivity contribution is -0.929. The molecule has 2 aromatic carbocycles. The lowest BCUT2D eigenvalue weighted by Crippen LogP contribution is -3.12. The summed E-state index contributed by atoms with van der Waals surface area (Å²) in [6.45, 7) is 2.81. The number of nitrogens with zero attached hydrogens (tertiary/aromatic N) is 4. The number of quaternary nitrogens is 1. The van der Waals surface area contributed by atoms with Crippen LogP contribution in [0, 0.1) is 10.1 Å². The number of fused-ring (bicyclic) bond motifs is 2. The molecule has 0 spiro atoms. The van der Waals surface area contributed by atoms with Gasteiger partial charge in [-0.1, -0.05) is 12.1 Å². The number of aromatic nitrogens is 3. The topological polar surface area (TPSA) is 78.3 Å². The number of piperidine rings is 1. The first-order valence-electron chi connectivity index (χ1n) is 9.46. The van der Waals surface area contributed by atoms with E-state index in [1.165, 1.54) is 20.7 Å². The molecule has 3 heterocycles. The zero-order valence-electron chi connectivity index (χ0n) is 15.2. The molecule has 2 atom stereocenters. The summed E-state index contributed by atoms with van der Waals surface area (Å²) in [5, 5.41) is 17.7. The lowest BCUT2D eigenvalue weighted by atomic mass is 9.99. The number of nitrogens with one attached hydrogen (secondary N) is 1. The molecule has 142 valence electrons. The highest BCUT2D eigenvalue weighted by atomic mass is 32.1. The Morgan fingerprint density at radius 3 is 3.04 bits per heavy atom. The third kappa shape index (κ3) is 3.14. The first-order chi connectivity index (χ1) is 13.7. The minimum Gasteiger partial charge on any atom is -0.316 e. The van der Waals surface area contributed by atoms with Crippen molar-refractivity contribution in [2.45, 2.75) is 25.4 Å². The van der Waals surface area contributed by atoms with Gasteiger partial charge in [-0.2, -0.15) is 5.10 Å². The summed E-state index contributed by atoms with van der Waals surface area (Å²) in [5.41, 5.74) is 2.01. The molecule has 1 unspecified atom stereocenters. The molecule has 1 aliphatic heterocycles. The van der Waals surface area contributed by atoms with E-state index in [2.05, 4.69) is 23.3 Å². The van der Waals surface area contributed by atoms with Crippen LogP contribution in [0.5, 0.6) is 0 Å². The fourth-order valence-electron chi connectivity index (χ4n) is 4.08. The van der Waals surface area contributed by atoms with Gasteiger partial charge in [0, 0.05) is 17.5 Å². The fourth-order valence-corrected chi connectivity index (χ4v) is 5.18. The van der Waals surface area contributed by atoms with E-state index in [1.807, 2.05) is 10.7 Å². The van der Waals surface area contributed by atoms with Crippen LogP contribution >= 0.6 is 11.3 Å². The van der Waals surface area contributed by atoms with Crippen molar-refractivity contribution in [1.82, 2.24) is 14.8 Å². The zero-order valence-corrected chi connectivity index (χ0v) is 16.1. The second-order valence-corrected chi connectivity index (χ2v) is 8.43. The Morgan fingerprint density at radius 1 is 1.29 bits per heavy atom. The number of non-ortho nitro benzene ring substituents is 1. The molecular formula is C20H20N5O2S+. The van der Waals surface area contributed by atoms with E-state index in [-0.39, 0.29) is 10.6 Å². The van der Waals surface area contributed by atoms with E-state index in [4.69, 9.17) is 4.98 Å². The van der Waals surface area contributed by atoms with Gasteiger partial charge in [-0.15, -0.1) is 11.3 Å². The molecule has 2 aromatic heterocycles. The third-order valence-electron chi connectivity index (χ3n) is 5.49. The molecule has 8 heteroatoms. The standard InChI is InChI=1S/C20H19N5O2S/c26-25(27)16-8-7-14-11-21-24(18(14)10-16)13-23-9-3-4-15(12-23)20-22-17-5-1-2-6-19(17)28-20/h1-2,5-8,10-11,15H,3-4,9,12-13H2/p+1/t15-/m0/s1. The number of rotatable bonds is 4. The Bertz CT molecular complexity index is 1130. The average molecular weight is 394 g/mol. The molecule has 1 aliphatic rings. The minimum atomic E-state index is -0.353. The van der Waals surface area contributed by atoms with Gasteiger partial charge >= 0.3 is 0 Å². The van der Waals surface area contributed by atoms with Crippen molar-refractivity contribution >= 4 is 38.1 Å². The second-order valence-electron chi connectivity index (χ2n) is 7.37. The van der Waals surface area contributed by atoms with Crippen LogP contribution in [0.2, 0.25) is 0 Å². The van der Waals surface area contributed by atoms with Crippen LogP contribution in [-0.2, 0) is 6.67 Å². The van der Waals surface area contributed by atoms with Crippen LogP contribution in [-0.4, -0.2) is 32.8 Å². The van der Waals surface area contributed by atoms with E-state index in [0.29, 0.717) is 12.6 Å². The molecule has 1 saturated heterocycles. The van der Waals surface area contributed by atoms with Crippen molar-refractivity contribution in [3.05, 3.63) is 63.8 Å². The van der Waals surface area contributed by atoms with E-state index in [0.717, 1.165) is 42.4 Å². The van der Waals surface area contributed by atoms with Gasteiger partial charge < -0.3 is 4.90 Å². The minimum absolute atomic E-state index is 0.107. The number of likely N-dealkylation sites (tertiary alicyclic amines) is 1. The van der Waals surface area contributed by atoms with Crippen LogP contribution in [0.25, 0.3) is 21.1 Å². The SMILES string of the molecule is O=[N+]([O-])c1ccc2cnn(C[NH+]3CCC[C@H](c4nc5ccccc5s4)C3)c2c1. The van der Waals surface area contributed by atoms with Gasteiger partial charge in [-0.3, -0.25) is 10.1 Å². The van der Waals surface area contributed by atoms with Crippen molar-refractivity contribution in [3.8, 4) is 0 Å². The molecule has 28 heavy (non-hydrogen) atoms. The summed E-state index contributed by atoms with van der Waals surface area (Å²) >= 11 is 1.80. The smallest absolute Gasteiger partial charge is 0.271 e. The molecule has 1 N–H and O–H groups in total. The van der Waals surface area contributed by atoms with Crippen molar-refractivity contribution in [2.75, 3.05) is 13.1 Å². The normalized spacial score (nSPS) is 20.0. The molecule has 1 fully saturated rings. The van der Waals surface area contributed by atoms with E-state index in [9.17, 15) is 10.1 Å². The monoisotopic (exact) mass is 394 g/mol. The summed E-state index contributed by atoms with van der Waals surface area (Å²) in [5.74, 6) is 0.456. The van der Waals surface area contributed by atoms with E-state index >= 15 is 0 Å². The van der Waals surface area contributed by atoms with E-state index in [1.54, 1.807) is 29.7 Å². The number of para-hydroxylation sites is 1. The number of nitro groups is 1. The average Bonchev–Trinajstić information content (AvgIpc) is 3.32. The number of nitro benzene ring substituents is 1. The van der Waals surface area contributed by atoms with Gasteiger partial charge in [0.1, 0.15) is 5.01 Å². The molecule has 0 amide bonds. The maximum absolute atomic E-state index is 11.1. The Morgan fingerprint density at radius 2 is 2.18 bits per heavy atom. The lowest BCUT2D eigenvalue weighted by Gasteiger charge is -2.28. The van der Waals surface area contributed by atoms with Crippen LogP contribution in [0.15, 0.2) is 48.7 Å². The summed E-state index contributed by atoms with van der Waals surface area (Å²) in [4.78, 5) is 17.0. The summed E-state index contributed by atoms with van der Waals surface area (Å²) < 4.78 is 3.15. The van der Waals surface area contributed by atoms with Gasteiger partial charge in [-0.05, 0) is 31.0 Å². The zero-order chi connectivity index (χ0) is 19.1. The molecular weight excluding hydrogens is 374 g/mol. The van der Waals surface area contributed by atoms with Gasteiger partial charge in [0.25, 0.3) is 5.69 Å². The molecule has 4 aromatic rings. The summed E-state index contributed by atoms with van der Waals surface area (Å²) in [7, 11) is 0. The highest BCUT2D eigenvalue weighted by molar-refractivity contribution is 7.18. The van der Waals surface area contributed by atoms with E-state index < -0.39 is 0 Å². The summed E-state index contributed by atoms with van der Waals surface area (Å²) in [6.07, 6.45) is 4.09. The van der Waals surface area contributed by atoms with Crippen LogP contribution in [0.4, 0.5) is 5.69 Å². The van der Waals surface area contributed by atoms with Crippen LogP contribution < -0.4 is 4.90 Å². The second kappa shape index (κ2) is 6.96. The highest BCUT2D eigenvalue weighted by Crippen LogP contribution is 2.30. The number of benzene rings is 2. The van der Waals surface area contributed by atoms with Crippen molar-refractivity contribution in [2.24, 2.45) is 0 Å². The number of hydrogen-bond acceptors (Lipinski definition) is 5. The van der Waals surface area contributed by atoms with Gasteiger partial charge in [-0.25, -0.2) is 9.67 Å². The quantitative estimate of drug-likeness (QED) is 0.426. The Kier molecular flexibility index (Phi) is 4.29. The van der Waals surface area contributed by atoms with Crippen LogP contribution in [0.3, 0.4) is 0 Å². The predicted molar refractivity (Wildman–Crippen MR) is 109 cm³/mol. The fraction of sp³-hybridized carbons (Fsp3) is 0.300. The van der Waals surface area contributed by atoms with Gasteiger partial charge in [0.15, 0.2) is 6.67 Å². The molecule has 0 radical (unpaired) electrons. The molecule has 7 nitrogen and oxygen atoms in total. The number of hydrogen-bond donors (Lipinski definition) is 1. The van der Waals surface area contributed by atoms with Gasteiger partial charge in [0.2, 0.25) is 0 Å². The number of thiazole rings is 1. The third-order valence-corrected chi connectivity index (χ3v) is 6.69. The molecule has 0 aliphatic carbocycles. The Hall–Kier alpha value is -2.84. The largest absolute Gasteiger partial charge is 0.316 e. The summed E-state index contributed by atoms with van der Waals surface area (Å²) in [6, 6.07) is 13.2. The molecule has 5 rings (SSSR count). The Balaban J connectivity index is 1.37. The van der Waals surface area contributed by atoms with Crippen LogP contribution in [0.1, 0.15) is 23.8 Å². The maximum Gasteiger partial charge on any atom is 0.271 e. The molecule has 0 saturated carbocycles. The predicted octanol–water partition coefficient (Wildman–Crippen LogP) is 2.97. The highest BCUT2D eigenvalue weighted by Gasteiger charge is 2.27. The first-order valence-corrected chi connectivity index (χ1v) is 10.3. The van der Waals surface area contributed by atoms with Crippen molar-refractivity contribution in [1.29, 1.82) is 0 Å². The van der Waals surface area contributed by atoms with Gasteiger partial charge in [0.05, 0.1) is 45.9 Å². The Labute approximate surface area is 165 Å². The van der Waals surface area contributed by atoms with Crippen molar-refractivity contribution < 1.29 is 9.82 Å². The molecule has 0 bridgehead atoms. The maximum atomic E-state index is 11.1. The first kappa shape index (κ1) is 17.3.